The zero-order chi connectivity index (χ0) is 38.9. The van der Waals surface area contributed by atoms with Gasteiger partial charge in [0.2, 0.25) is 5.91 Å². The molecule has 0 spiro atoms. The first kappa shape index (κ1) is 51.3. The fourth-order valence-corrected chi connectivity index (χ4v) is 6.61. The molecule has 4 unspecified atom stereocenters. The molecule has 0 aromatic carbocycles. The number of hydrogen-bond donors (Lipinski definition) is 5. The summed E-state index contributed by atoms with van der Waals surface area (Å²) in [5, 5.41) is 43.6. The molecule has 0 aliphatic rings. The molecule has 0 aromatic rings. The van der Waals surface area contributed by atoms with Crippen molar-refractivity contribution in [2.45, 2.75) is 237 Å². The van der Waals surface area contributed by atoms with Crippen molar-refractivity contribution in [1.29, 1.82) is 0 Å². The van der Waals surface area contributed by atoms with E-state index in [0.29, 0.717) is 19.3 Å². The summed E-state index contributed by atoms with van der Waals surface area (Å²) in [6.45, 7) is 4.02. The zero-order valence-electron chi connectivity index (χ0n) is 34.8. The van der Waals surface area contributed by atoms with E-state index in [-0.39, 0.29) is 0 Å². The highest BCUT2D eigenvalue weighted by atomic mass is 16.3. The molecular weight excluding hydrogens is 659 g/mol. The van der Waals surface area contributed by atoms with Crippen molar-refractivity contribution in [2.24, 2.45) is 0 Å². The third-order valence-electron chi connectivity index (χ3n) is 10.2. The average molecular weight is 746 g/mol. The van der Waals surface area contributed by atoms with Gasteiger partial charge in [-0.1, -0.05) is 172 Å². The number of aliphatic hydroxyl groups excluding tert-OH is 4. The average Bonchev–Trinajstić information content (AvgIpc) is 3.16. The van der Waals surface area contributed by atoms with Gasteiger partial charge in [-0.25, -0.2) is 0 Å². The minimum absolute atomic E-state index is 0.343. The van der Waals surface area contributed by atoms with Crippen LogP contribution in [0.15, 0.2) is 48.6 Å². The molecule has 0 heterocycles. The molecule has 0 radical (unpaired) electrons. The molecular formula is C47H87NO5. The lowest BCUT2D eigenvalue weighted by atomic mass is 10.00. The highest BCUT2D eigenvalue weighted by molar-refractivity contribution is 5.80. The number of allylic oxidation sites excluding steroid dienone is 8. The van der Waals surface area contributed by atoms with Gasteiger partial charge in [-0.2, -0.15) is 0 Å². The summed E-state index contributed by atoms with van der Waals surface area (Å²) in [5.74, 6) is -0.610. The quantitative estimate of drug-likeness (QED) is 0.0317. The van der Waals surface area contributed by atoms with Gasteiger partial charge in [-0.15, -0.1) is 0 Å². The number of rotatable bonds is 40. The second kappa shape index (κ2) is 41.4. The van der Waals surface area contributed by atoms with Gasteiger partial charge < -0.3 is 25.7 Å². The van der Waals surface area contributed by atoms with Crippen LogP contribution in [-0.4, -0.2) is 57.3 Å². The Kier molecular flexibility index (Phi) is 40.1. The van der Waals surface area contributed by atoms with Gasteiger partial charge in [0.25, 0.3) is 0 Å². The van der Waals surface area contributed by atoms with Crippen molar-refractivity contribution < 1.29 is 25.2 Å². The monoisotopic (exact) mass is 746 g/mol. The summed E-state index contributed by atoms with van der Waals surface area (Å²) < 4.78 is 0. The van der Waals surface area contributed by atoms with E-state index >= 15 is 0 Å². The molecule has 0 fully saturated rings. The maximum absolute atomic E-state index is 12.5. The van der Waals surface area contributed by atoms with Crippen LogP contribution in [0.4, 0.5) is 0 Å². The number of carbonyl (C=O) groups excluding carboxylic acids is 1. The van der Waals surface area contributed by atoms with Crippen molar-refractivity contribution >= 4 is 5.91 Å². The van der Waals surface area contributed by atoms with Crippen molar-refractivity contribution in [1.82, 2.24) is 5.32 Å². The summed E-state index contributed by atoms with van der Waals surface area (Å²) in [4.78, 5) is 12.5. The standard InChI is InChI=1S/C47H87NO5/c1-3-5-7-9-11-13-15-17-19-20-21-22-23-24-25-27-28-30-32-34-36-38-40-44(50)46(52)43(42-49)48-47(53)45(51)41-39-37-35-33-31-29-26-18-16-14-12-10-8-6-4-2/h21-22,25-27,29,32,34,43-46,49-52H,3-20,23-24,28,30-31,33,35-42H2,1-2H3,(H,48,53)/b22-21+,27-25+,29-26-,34-32+. The normalized spacial score (nSPS) is 14.6. The number of nitrogens with one attached hydrogen (secondary N) is 1. The molecule has 4 atom stereocenters. The molecule has 0 rings (SSSR count). The third-order valence-corrected chi connectivity index (χ3v) is 10.2. The van der Waals surface area contributed by atoms with Gasteiger partial charge in [0, 0.05) is 0 Å². The van der Waals surface area contributed by atoms with Gasteiger partial charge in [0.15, 0.2) is 0 Å². The number of hydrogen-bond acceptors (Lipinski definition) is 5. The van der Waals surface area contributed by atoms with Crippen LogP contribution in [0.1, 0.15) is 213 Å². The van der Waals surface area contributed by atoms with E-state index in [4.69, 9.17) is 0 Å². The van der Waals surface area contributed by atoms with Gasteiger partial charge in [0.05, 0.1) is 18.8 Å². The molecule has 0 saturated carbocycles. The van der Waals surface area contributed by atoms with Crippen molar-refractivity contribution in [3.63, 3.8) is 0 Å². The van der Waals surface area contributed by atoms with E-state index in [1.807, 2.05) is 0 Å². The summed E-state index contributed by atoms with van der Waals surface area (Å²) in [6.07, 6.45) is 50.0. The predicted molar refractivity (Wildman–Crippen MR) is 228 cm³/mol. The zero-order valence-corrected chi connectivity index (χ0v) is 34.8. The summed E-state index contributed by atoms with van der Waals surface area (Å²) >= 11 is 0. The van der Waals surface area contributed by atoms with Crippen LogP contribution in [0.2, 0.25) is 0 Å². The predicted octanol–water partition coefficient (Wildman–Crippen LogP) is 11.9. The van der Waals surface area contributed by atoms with Crippen LogP contribution >= 0.6 is 0 Å². The van der Waals surface area contributed by atoms with Gasteiger partial charge in [0.1, 0.15) is 12.2 Å². The van der Waals surface area contributed by atoms with Crippen molar-refractivity contribution in [3.8, 4) is 0 Å². The Morgan fingerprint density at radius 1 is 0.453 bits per heavy atom. The summed E-state index contributed by atoms with van der Waals surface area (Å²) in [6, 6.07) is -1.02. The number of amides is 1. The highest BCUT2D eigenvalue weighted by Gasteiger charge is 2.28. The Hall–Kier alpha value is -1.73. The fourth-order valence-electron chi connectivity index (χ4n) is 6.61. The second-order valence-corrected chi connectivity index (χ2v) is 15.4. The Bertz CT molecular complexity index is 884. The molecule has 6 nitrogen and oxygen atoms in total. The first-order valence-corrected chi connectivity index (χ1v) is 22.5. The van der Waals surface area contributed by atoms with E-state index in [1.165, 1.54) is 116 Å². The lowest BCUT2D eigenvalue weighted by molar-refractivity contribution is -0.132. The van der Waals surface area contributed by atoms with Crippen LogP contribution in [0.3, 0.4) is 0 Å². The molecule has 310 valence electrons. The lowest BCUT2D eigenvalue weighted by Gasteiger charge is -2.27. The van der Waals surface area contributed by atoms with Crippen LogP contribution in [0, 0.1) is 0 Å². The molecule has 0 aromatic heterocycles. The van der Waals surface area contributed by atoms with E-state index < -0.39 is 36.9 Å². The molecule has 1 amide bonds. The second-order valence-electron chi connectivity index (χ2n) is 15.4. The Morgan fingerprint density at radius 2 is 0.792 bits per heavy atom. The first-order chi connectivity index (χ1) is 26.0. The topological polar surface area (TPSA) is 110 Å². The smallest absolute Gasteiger partial charge is 0.249 e. The van der Waals surface area contributed by atoms with Crippen molar-refractivity contribution in [2.75, 3.05) is 6.61 Å². The van der Waals surface area contributed by atoms with E-state index in [9.17, 15) is 25.2 Å². The molecule has 6 heteroatoms. The SMILES string of the molecule is CCCCCCCCC/C=C\CCCCCCC(O)C(=O)NC(CO)C(O)C(O)CCC/C=C/CC/C=C/CC/C=C/CCCCCCCCCCC. The maximum Gasteiger partial charge on any atom is 0.249 e. The molecule has 0 aliphatic heterocycles. The molecule has 5 N–H and O–H groups in total. The third kappa shape index (κ3) is 35.7. The lowest BCUT2D eigenvalue weighted by Crippen LogP contribution is -2.53. The summed E-state index contributed by atoms with van der Waals surface area (Å²) in [5.41, 5.74) is 0. The van der Waals surface area contributed by atoms with Crippen LogP contribution in [0.25, 0.3) is 0 Å². The van der Waals surface area contributed by atoms with Crippen LogP contribution in [0.5, 0.6) is 0 Å². The first-order valence-electron chi connectivity index (χ1n) is 22.5. The molecule has 53 heavy (non-hydrogen) atoms. The molecule has 0 aliphatic carbocycles. The Balaban J connectivity index is 3.84. The maximum atomic E-state index is 12.5. The number of aliphatic hydroxyl groups is 4. The van der Waals surface area contributed by atoms with Crippen molar-refractivity contribution in [3.05, 3.63) is 48.6 Å². The minimum atomic E-state index is -1.30. The number of carbonyl (C=O) groups is 1. The largest absolute Gasteiger partial charge is 0.394 e. The number of unbranched alkanes of at least 4 members (excludes halogenated alkanes) is 23. The Labute approximate surface area is 328 Å². The van der Waals surface area contributed by atoms with E-state index in [2.05, 4.69) is 67.8 Å². The minimum Gasteiger partial charge on any atom is -0.394 e. The Morgan fingerprint density at radius 3 is 1.19 bits per heavy atom. The van der Waals surface area contributed by atoms with Crippen LogP contribution < -0.4 is 5.32 Å². The molecule has 0 saturated heterocycles. The highest BCUT2D eigenvalue weighted by Crippen LogP contribution is 2.14. The van der Waals surface area contributed by atoms with Gasteiger partial charge in [-0.3, -0.25) is 4.79 Å². The fraction of sp³-hybridized carbons (Fsp3) is 0.809. The van der Waals surface area contributed by atoms with E-state index in [1.54, 1.807) is 0 Å². The molecule has 0 bridgehead atoms. The summed E-state index contributed by atoms with van der Waals surface area (Å²) in [7, 11) is 0. The van der Waals surface area contributed by atoms with Gasteiger partial charge >= 0.3 is 0 Å². The van der Waals surface area contributed by atoms with E-state index in [0.717, 1.165) is 64.2 Å². The van der Waals surface area contributed by atoms with Gasteiger partial charge in [-0.05, 0) is 89.9 Å². The van der Waals surface area contributed by atoms with Crippen LogP contribution in [-0.2, 0) is 4.79 Å².